The highest BCUT2D eigenvalue weighted by Crippen LogP contribution is 2.59. The number of pyridine rings is 1. The molecule has 1 aliphatic carbocycles. The van der Waals surface area contributed by atoms with Crippen molar-refractivity contribution < 1.29 is 4.79 Å². The minimum Gasteiger partial charge on any atom is -0.345 e. The maximum atomic E-state index is 13.0. The third-order valence-corrected chi connectivity index (χ3v) is 5.16. The van der Waals surface area contributed by atoms with Gasteiger partial charge in [0.1, 0.15) is 0 Å². The molecule has 130 valence electrons. The molecule has 3 heteroatoms. The fourth-order valence-corrected chi connectivity index (χ4v) is 3.64. The van der Waals surface area contributed by atoms with Gasteiger partial charge in [-0.2, -0.15) is 0 Å². The normalized spacial score (nSPS) is 21.9. The van der Waals surface area contributed by atoms with Crippen LogP contribution in [0.3, 0.4) is 0 Å². The number of nitrogens with zero attached hydrogens (tertiary/aromatic N) is 1. The van der Waals surface area contributed by atoms with Gasteiger partial charge in [-0.15, -0.1) is 0 Å². The molecule has 3 atom stereocenters. The minimum absolute atomic E-state index is 0.0147. The molecular formula is C22H26N2O. The summed E-state index contributed by atoms with van der Waals surface area (Å²) in [7, 11) is 0. The number of nitrogens with one attached hydrogen (secondary N) is 1. The fraction of sp³-hybridized carbons (Fsp3) is 0.364. The molecule has 1 aromatic carbocycles. The Labute approximate surface area is 150 Å². The van der Waals surface area contributed by atoms with Crippen LogP contribution in [0.4, 0.5) is 0 Å². The van der Waals surface area contributed by atoms with E-state index in [9.17, 15) is 4.79 Å². The van der Waals surface area contributed by atoms with Crippen molar-refractivity contribution in [3.63, 3.8) is 0 Å². The monoisotopic (exact) mass is 334 g/mol. The summed E-state index contributed by atoms with van der Waals surface area (Å²) in [5.41, 5.74) is 3.41. The second-order valence-electron chi connectivity index (χ2n) is 7.70. The Morgan fingerprint density at radius 3 is 2.28 bits per heavy atom. The smallest absolute Gasteiger partial charge is 0.225 e. The predicted molar refractivity (Wildman–Crippen MR) is 101 cm³/mol. The van der Waals surface area contributed by atoms with Crippen molar-refractivity contribution in [3.05, 3.63) is 77.6 Å². The number of aromatic nitrogens is 1. The molecule has 0 radical (unpaired) electrons. The summed E-state index contributed by atoms with van der Waals surface area (Å²) in [6.07, 6.45) is 5.77. The van der Waals surface area contributed by atoms with E-state index in [2.05, 4.69) is 56.2 Å². The molecule has 0 aliphatic heterocycles. The van der Waals surface area contributed by atoms with Crippen LogP contribution in [0.25, 0.3) is 0 Å². The topological polar surface area (TPSA) is 42.0 Å². The van der Waals surface area contributed by atoms with Gasteiger partial charge in [0.15, 0.2) is 0 Å². The number of carbonyl (C=O) groups excluding carboxylic acids is 1. The van der Waals surface area contributed by atoms with Gasteiger partial charge < -0.3 is 5.32 Å². The Kier molecular flexibility index (Phi) is 4.76. The lowest BCUT2D eigenvalue weighted by Crippen LogP contribution is -2.31. The first-order chi connectivity index (χ1) is 11.9. The number of allylic oxidation sites excluding steroid dienone is 2. The third kappa shape index (κ3) is 3.65. The third-order valence-electron chi connectivity index (χ3n) is 5.16. The quantitative estimate of drug-likeness (QED) is 0.817. The number of benzene rings is 1. The molecule has 3 nitrogen and oxygen atoms in total. The molecule has 0 spiro atoms. The van der Waals surface area contributed by atoms with Crippen LogP contribution in [-0.4, -0.2) is 10.9 Å². The summed E-state index contributed by atoms with van der Waals surface area (Å²) in [6, 6.07) is 13.9. The van der Waals surface area contributed by atoms with Crippen LogP contribution < -0.4 is 5.32 Å². The van der Waals surface area contributed by atoms with Crippen molar-refractivity contribution >= 4 is 5.91 Å². The van der Waals surface area contributed by atoms with Gasteiger partial charge in [-0.1, -0.05) is 55.8 Å². The number of carbonyl (C=O) groups is 1. The summed E-state index contributed by atoms with van der Waals surface area (Å²) in [4.78, 5) is 17.1. The zero-order chi connectivity index (χ0) is 18.0. The van der Waals surface area contributed by atoms with Crippen molar-refractivity contribution in [2.75, 3.05) is 0 Å². The van der Waals surface area contributed by atoms with E-state index in [1.165, 1.54) is 5.57 Å². The number of amides is 1. The van der Waals surface area contributed by atoms with Crippen LogP contribution in [-0.2, 0) is 4.79 Å². The predicted octanol–water partition coefficient (Wildman–Crippen LogP) is 4.53. The first kappa shape index (κ1) is 17.4. The maximum Gasteiger partial charge on any atom is 0.225 e. The lowest BCUT2D eigenvalue weighted by molar-refractivity contribution is -0.123. The summed E-state index contributed by atoms with van der Waals surface area (Å²) in [5.74, 6) is 0.458. The Morgan fingerprint density at radius 1 is 1.08 bits per heavy atom. The lowest BCUT2D eigenvalue weighted by atomic mass is 9.99. The van der Waals surface area contributed by atoms with Gasteiger partial charge in [0.05, 0.1) is 12.0 Å². The molecule has 1 amide bonds. The van der Waals surface area contributed by atoms with Gasteiger partial charge in [0.2, 0.25) is 5.91 Å². The highest BCUT2D eigenvalue weighted by Gasteiger charge is 2.60. The van der Waals surface area contributed by atoms with Crippen LogP contribution in [0.2, 0.25) is 0 Å². The van der Waals surface area contributed by atoms with Crippen molar-refractivity contribution in [1.82, 2.24) is 10.3 Å². The molecule has 3 rings (SSSR count). The van der Waals surface area contributed by atoms with Crippen molar-refractivity contribution in [3.8, 4) is 0 Å². The lowest BCUT2D eigenvalue weighted by Gasteiger charge is -2.20. The van der Waals surface area contributed by atoms with Crippen LogP contribution in [0.1, 0.15) is 44.9 Å². The molecule has 1 aromatic heterocycles. The van der Waals surface area contributed by atoms with Crippen LogP contribution >= 0.6 is 0 Å². The van der Waals surface area contributed by atoms with Gasteiger partial charge >= 0.3 is 0 Å². The van der Waals surface area contributed by atoms with Gasteiger partial charge in [0, 0.05) is 12.4 Å². The first-order valence-electron chi connectivity index (χ1n) is 8.81. The number of hydrogen-bond acceptors (Lipinski definition) is 2. The van der Waals surface area contributed by atoms with E-state index in [0.717, 1.165) is 11.1 Å². The molecule has 0 unspecified atom stereocenters. The molecule has 1 heterocycles. The number of hydrogen-bond donors (Lipinski definition) is 1. The SMILES string of the molecule is CC(C)=C[C@@H]1[C@@H](C(=O)N[C@@H](c2ccccc2)c2ccncc2)C1(C)C. The fourth-order valence-electron chi connectivity index (χ4n) is 3.64. The van der Waals surface area contributed by atoms with E-state index in [1.54, 1.807) is 12.4 Å². The maximum absolute atomic E-state index is 13.0. The van der Waals surface area contributed by atoms with Gasteiger partial charge in [-0.05, 0) is 48.4 Å². The zero-order valence-corrected chi connectivity index (χ0v) is 15.4. The van der Waals surface area contributed by atoms with Crippen LogP contribution in [0, 0.1) is 17.3 Å². The summed E-state index contributed by atoms with van der Waals surface area (Å²) < 4.78 is 0. The Hall–Kier alpha value is -2.42. The van der Waals surface area contributed by atoms with Gasteiger partial charge in [-0.3, -0.25) is 9.78 Å². The highest BCUT2D eigenvalue weighted by atomic mass is 16.2. The Morgan fingerprint density at radius 2 is 1.68 bits per heavy atom. The van der Waals surface area contributed by atoms with Gasteiger partial charge in [-0.25, -0.2) is 0 Å². The van der Waals surface area contributed by atoms with E-state index in [4.69, 9.17) is 0 Å². The molecular weight excluding hydrogens is 308 g/mol. The minimum atomic E-state index is -0.152. The Bertz CT molecular complexity index is 722. The van der Waals surface area contributed by atoms with E-state index in [0.29, 0.717) is 5.92 Å². The molecule has 2 aromatic rings. The van der Waals surface area contributed by atoms with E-state index >= 15 is 0 Å². The van der Waals surface area contributed by atoms with Crippen LogP contribution in [0.5, 0.6) is 0 Å². The van der Waals surface area contributed by atoms with E-state index in [-0.39, 0.29) is 23.3 Å². The molecule has 1 aliphatic rings. The molecule has 1 fully saturated rings. The average molecular weight is 334 g/mol. The molecule has 0 bridgehead atoms. The standard InChI is InChI=1S/C22H26N2O/c1-15(2)14-18-19(22(18,3)4)21(25)24-20(16-8-6-5-7-9-16)17-10-12-23-13-11-17/h5-14,18-20H,1-4H3,(H,24,25)/t18-,19+,20+/m1/s1. The molecule has 1 N–H and O–H groups in total. The average Bonchev–Trinajstić information content (AvgIpc) is 3.13. The van der Waals surface area contributed by atoms with Crippen LogP contribution in [0.15, 0.2) is 66.5 Å². The highest BCUT2D eigenvalue weighted by molar-refractivity contribution is 5.84. The zero-order valence-electron chi connectivity index (χ0n) is 15.4. The summed E-state index contributed by atoms with van der Waals surface area (Å²) >= 11 is 0. The second kappa shape index (κ2) is 6.83. The summed E-state index contributed by atoms with van der Waals surface area (Å²) in [5, 5.41) is 3.27. The Balaban J connectivity index is 1.84. The number of rotatable bonds is 5. The van der Waals surface area contributed by atoms with E-state index in [1.807, 2.05) is 30.3 Å². The first-order valence-corrected chi connectivity index (χ1v) is 8.81. The molecule has 1 saturated carbocycles. The van der Waals surface area contributed by atoms with Crippen molar-refractivity contribution in [2.24, 2.45) is 17.3 Å². The largest absolute Gasteiger partial charge is 0.345 e. The molecule has 25 heavy (non-hydrogen) atoms. The summed E-state index contributed by atoms with van der Waals surface area (Å²) in [6.45, 7) is 8.52. The molecule has 0 saturated heterocycles. The van der Waals surface area contributed by atoms with Crippen molar-refractivity contribution in [2.45, 2.75) is 33.7 Å². The van der Waals surface area contributed by atoms with Crippen molar-refractivity contribution in [1.29, 1.82) is 0 Å². The van der Waals surface area contributed by atoms with E-state index < -0.39 is 0 Å². The second-order valence-corrected chi connectivity index (χ2v) is 7.70. The van der Waals surface area contributed by atoms with Gasteiger partial charge in [0.25, 0.3) is 0 Å².